The fraction of sp³-hybridized carbons (Fsp3) is 0.350. The van der Waals surface area contributed by atoms with Crippen molar-refractivity contribution in [3.05, 3.63) is 60.3 Å². The summed E-state index contributed by atoms with van der Waals surface area (Å²) in [6.07, 6.45) is 5.94. The van der Waals surface area contributed by atoms with Gasteiger partial charge in [-0.2, -0.15) is 0 Å². The van der Waals surface area contributed by atoms with Crippen LogP contribution in [-0.2, 0) is 6.54 Å². The van der Waals surface area contributed by atoms with E-state index in [2.05, 4.69) is 21.5 Å². The fourth-order valence-electron chi connectivity index (χ4n) is 3.67. The summed E-state index contributed by atoms with van der Waals surface area (Å²) in [4.78, 5) is 24.0. The minimum absolute atomic E-state index is 0.0186. The van der Waals surface area contributed by atoms with E-state index >= 15 is 0 Å². The van der Waals surface area contributed by atoms with Gasteiger partial charge in [0, 0.05) is 43.3 Å². The summed E-state index contributed by atoms with van der Waals surface area (Å²) in [5, 5.41) is 1.06. The predicted octanol–water partition coefficient (Wildman–Crippen LogP) is 3.47. The lowest BCUT2D eigenvalue weighted by atomic mass is 9.96. The van der Waals surface area contributed by atoms with Crippen LogP contribution in [0.2, 0.25) is 0 Å². The van der Waals surface area contributed by atoms with Crippen molar-refractivity contribution in [1.82, 2.24) is 19.4 Å². The second kappa shape index (κ2) is 6.67. The smallest absolute Gasteiger partial charge is 0.272 e. The SMILES string of the molecule is CCn1ccnc1C1CCCN(C(=O)c2ccc3ccccc3n2)C1. The van der Waals surface area contributed by atoms with E-state index in [-0.39, 0.29) is 5.91 Å². The molecule has 0 saturated carbocycles. The van der Waals surface area contributed by atoms with Crippen LogP contribution in [0.5, 0.6) is 0 Å². The normalized spacial score (nSPS) is 17.8. The molecule has 1 aliphatic rings. The minimum atomic E-state index is 0.0186. The molecule has 2 aromatic heterocycles. The highest BCUT2D eigenvalue weighted by molar-refractivity contribution is 5.95. The number of rotatable bonds is 3. The predicted molar refractivity (Wildman–Crippen MR) is 97.5 cm³/mol. The first-order valence-electron chi connectivity index (χ1n) is 8.92. The first-order chi connectivity index (χ1) is 12.3. The van der Waals surface area contributed by atoms with Crippen LogP contribution in [0.1, 0.15) is 42.0 Å². The van der Waals surface area contributed by atoms with Crippen LogP contribution in [0.3, 0.4) is 0 Å². The van der Waals surface area contributed by atoms with Crippen LogP contribution in [0.4, 0.5) is 0 Å². The van der Waals surface area contributed by atoms with Crippen molar-refractivity contribution in [1.29, 1.82) is 0 Å². The van der Waals surface area contributed by atoms with Gasteiger partial charge in [-0.25, -0.2) is 9.97 Å². The molecule has 0 aliphatic carbocycles. The van der Waals surface area contributed by atoms with Crippen molar-refractivity contribution in [3.8, 4) is 0 Å². The molecule has 5 heteroatoms. The average molecular weight is 334 g/mol. The topological polar surface area (TPSA) is 51.0 Å². The van der Waals surface area contributed by atoms with Gasteiger partial charge in [0.25, 0.3) is 5.91 Å². The number of amides is 1. The third-order valence-corrected chi connectivity index (χ3v) is 4.98. The highest BCUT2D eigenvalue weighted by Gasteiger charge is 2.28. The maximum absolute atomic E-state index is 12.9. The number of carbonyl (C=O) groups excluding carboxylic acids is 1. The van der Waals surface area contributed by atoms with E-state index in [0.29, 0.717) is 18.2 Å². The molecule has 1 aliphatic heterocycles. The molecule has 4 rings (SSSR count). The highest BCUT2D eigenvalue weighted by Crippen LogP contribution is 2.27. The lowest BCUT2D eigenvalue weighted by Gasteiger charge is -2.32. The van der Waals surface area contributed by atoms with Gasteiger partial charge >= 0.3 is 0 Å². The van der Waals surface area contributed by atoms with E-state index < -0.39 is 0 Å². The van der Waals surface area contributed by atoms with Crippen molar-refractivity contribution < 1.29 is 4.79 Å². The lowest BCUT2D eigenvalue weighted by molar-refractivity contribution is 0.0698. The van der Waals surface area contributed by atoms with Crippen LogP contribution in [0.15, 0.2) is 48.8 Å². The van der Waals surface area contributed by atoms with Gasteiger partial charge in [-0.1, -0.05) is 24.3 Å². The van der Waals surface area contributed by atoms with Crippen molar-refractivity contribution in [2.75, 3.05) is 13.1 Å². The number of benzene rings is 1. The third kappa shape index (κ3) is 3.02. The zero-order chi connectivity index (χ0) is 17.2. The highest BCUT2D eigenvalue weighted by atomic mass is 16.2. The van der Waals surface area contributed by atoms with Crippen molar-refractivity contribution in [3.63, 3.8) is 0 Å². The summed E-state index contributed by atoms with van der Waals surface area (Å²) >= 11 is 0. The molecule has 5 nitrogen and oxygen atoms in total. The van der Waals surface area contributed by atoms with Gasteiger partial charge in [-0.15, -0.1) is 0 Å². The minimum Gasteiger partial charge on any atom is -0.337 e. The Kier molecular flexibility index (Phi) is 4.22. The van der Waals surface area contributed by atoms with Crippen LogP contribution in [0.25, 0.3) is 10.9 Å². The number of imidazole rings is 1. The van der Waals surface area contributed by atoms with E-state index in [1.165, 1.54) is 0 Å². The van der Waals surface area contributed by atoms with E-state index in [0.717, 1.165) is 42.7 Å². The van der Waals surface area contributed by atoms with Gasteiger partial charge in [0.15, 0.2) is 0 Å². The van der Waals surface area contributed by atoms with E-state index in [1.54, 1.807) is 0 Å². The summed E-state index contributed by atoms with van der Waals surface area (Å²) in [6, 6.07) is 11.7. The molecule has 3 aromatic rings. The molecule has 25 heavy (non-hydrogen) atoms. The molecular formula is C20H22N4O. The Bertz CT molecular complexity index is 901. The zero-order valence-electron chi connectivity index (χ0n) is 14.4. The molecule has 0 spiro atoms. The lowest BCUT2D eigenvalue weighted by Crippen LogP contribution is -2.40. The number of carbonyl (C=O) groups is 1. The monoisotopic (exact) mass is 334 g/mol. The Labute approximate surface area is 147 Å². The standard InChI is InChI=1S/C20H22N4O/c1-2-23-13-11-21-19(23)16-7-5-12-24(14-16)20(25)18-10-9-15-6-3-4-8-17(15)22-18/h3-4,6,8-11,13,16H,2,5,7,12,14H2,1H3. The molecule has 1 amide bonds. The number of nitrogens with zero attached hydrogens (tertiary/aromatic N) is 4. The van der Waals surface area contributed by atoms with E-state index in [1.807, 2.05) is 53.7 Å². The van der Waals surface area contributed by atoms with Crippen LogP contribution in [0, 0.1) is 0 Å². The maximum atomic E-state index is 12.9. The molecule has 0 radical (unpaired) electrons. The van der Waals surface area contributed by atoms with E-state index in [4.69, 9.17) is 0 Å². The fourth-order valence-corrected chi connectivity index (χ4v) is 3.67. The molecule has 3 heterocycles. The number of hydrogen-bond donors (Lipinski definition) is 0. The quantitative estimate of drug-likeness (QED) is 0.737. The number of fused-ring (bicyclic) bond motifs is 1. The van der Waals surface area contributed by atoms with Gasteiger partial charge < -0.3 is 9.47 Å². The number of likely N-dealkylation sites (tertiary alicyclic amines) is 1. The Hall–Kier alpha value is -2.69. The first-order valence-corrected chi connectivity index (χ1v) is 8.92. The van der Waals surface area contributed by atoms with Crippen LogP contribution in [-0.4, -0.2) is 38.4 Å². The Balaban J connectivity index is 1.56. The zero-order valence-corrected chi connectivity index (χ0v) is 14.4. The number of aryl methyl sites for hydroxylation is 1. The number of pyridine rings is 1. The Morgan fingerprint density at radius 3 is 3.00 bits per heavy atom. The van der Waals surface area contributed by atoms with E-state index in [9.17, 15) is 4.79 Å². The van der Waals surface area contributed by atoms with Crippen molar-refractivity contribution >= 4 is 16.8 Å². The molecule has 0 N–H and O–H groups in total. The van der Waals surface area contributed by atoms with Crippen LogP contribution < -0.4 is 0 Å². The number of aromatic nitrogens is 3. The van der Waals surface area contributed by atoms with Crippen LogP contribution >= 0.6 is 0 Å². The van der Waals surface area contributed by atoms with Gasteiger partial charge in [-0.3, -0.25) is 4.79 Å². The second-order valence-corrected chi connectivity index (χ2v) is 6.55. The summed E-state index contributed by atoms with van der Waals surface area (Å²) in [6.45, 7) is 4.53. The molecular weight excluding hydrogens is 312 g/mol. The Morgan fingerprint density at radius 2 is 2.12 bits per heavy atom. The summed E-state index contributed by atoms with van der Waals surface area (Å²) < 4.78 is 2.17. The molecule has 1 unspecified atom stereocenters. The number of hydrogen-bond acceptors (Lipinski definition) is 3. The molecule has 0 bridgehead atoms. The second-order valence-electron chi connectivity index (χ2n) is 6.55. The Morgan fingerprint density at radius 1 is 1.24 bits per heavy atom. The van der Waals surface area contributed by atoms with Crippen molar-refractivity contribution in [2.24, 2.45) is 0 Å². The molecule has 1 aromatic carbocycles. The van der Waals surface area contributed by atoms with Gasteiger partial charge in [0.1, 0.15) is 11.5 Å². The number of para-hydroxylation sites is 1. The van der Waals surface area contributed by atoms with Gasteiger partial charge in [-0.05, 0) is 31.9 Å². The molecule has 128 valence electrons. The molecule has 1 saturated heterocycles. The largest absolute Gasteiger partial charge is 0.337 e. The molecule has 1 atom stereocenters. The third-order valence-electron chi connectivity index (χ3n) is 4.98. The summed E-state index contributed by atoms with van der Waals surface area (Å²) in [7, 11) is 0. The van der Waals surface area contributed by atoms with Gasteiger partial charge in [0.2, 0.25) is 0 Å². The molecule has 1 fully saturated rings. The summed E-state index contributed by atoms with van der Waals surface area (Å²) in [5.41, 5.74) is 1.39. The average Bonchev–Trinajstić information content (AvgIpc) is 3.16. The first kappa shape index (κ1) is 15.8. The number of piperidine rings is 1. The maximum Gasteiger partial charge on any atom is 0.272 e. The summed E-state index contributed by atoms with van der Waals surface area (Å²) in [5.74, 6) is 1.41. The van der Waals surface area contributed by atoms with Crippen molar-refractivity contribution in [2.45, 2.75) is 32.2 Å². The van der Waals surface area contributed by atoms with Gasteiger partial charge in [0.05, 0.1) is 5.52 Å².